The molecule has 3 aliphatic rings. The summed E-state index contributed by atoms with van der Waals surface area (Å²) in [5, 5.41) is 12.3. The molecule has 2 unspecified atom stereocenters. The number of carbonyl (C=O) groups is 3. The largest absolute Gasteiger partial charge is 0.481 e. The van der Waals surface area contributed by atoms with E-state index < -0.39 is 18.0 Å². The molecule has 1 heterocycles. The van der Waals surface area contributed by atoms with Crippen LogP contribution >= 0.6 is 0 Å². The predicted octanol–water partition coefficient (Wildman–Crippen LogP) is 4.26. The molecule has 2 aromatic carbocycles. The van der Waals surface area contributed by atoms with Gasteiger partial charge in [0.2, 0.25) is 5.91 Å². The van der Waals surface area contributed by atoms with Gasteiger partial charge >= 0.3 is 12.1 Å². The lowest BCUT2D eigenvalue weighted by molar-refractivity contribution is -0.142. The van der Waals surface area contributed by atoms with Gasteiger partial charge in [0.15, 0.2) is 0 Å². The molecule has 0 spiro atoms. The highest BCUT2D eigenvalue weighted by Gasteiger charge is 2.38. The Morgan fingerprint density at radius 2 is 1.66 bits per heavy atom. The van der Waals surface area contributed by atoms with Crippen LogP contribution in [-0.2, 0) is 14.3 Å². The highest BCUT2D eigenvalue weighted by molar-refractivity contribution is 5.80. The monoisotopic (exact) mass is 476 g/mol. The number of aliphatic carboxylic acids is 1. The van der Waals surface area contributed by atoms with Crippen molar-refractivity contribution >= 4 is 18.0 Å². The maximum absolute atomic E-state index is 12.7. The molecule has 2 aromatic rings. The predicted molar refractivity (Wildman–Crippen MR) is 131 cm³/mol. The molecular formula is C28H32N2O5. The molecule has 0 radical (unpaired) electrons. The molecule has 1 aliphatic heterocycles. The number of likely N-dealkylation sites (tertiary alicyclic amines) is 1. The minimum atomic E-state index is -0.832. The molecule has 7 nitrogen and oxygen atoms in total. The van der Waals surface area contributed by atoms with E-state index >= 15 is 0 Å². The quantitative estimate of drug-likeness (QED) is 0.649. The number of carbonyl (C=O) groups excluding carboxylic acids is 2. The second kappa shape index (κ2) is 9.72. The maximum atomic E-state index is 12.7. The van der Waals surface area contributed by atoms with Gasteiger partial charge in [-0.3, -0.25) is 9.59 Å². The molecular weight excluding hydrogens is 444 g/mol. The van der Waals surface area contributed by atoms with Gasteiger partial charge in [-0.2, -0.15) is 0 Å². The number of nitrogens with one attached hydrogen (secondary N) is 1. The molecule has 2 aliphatic carbocycles. The second-order valence-corrected chi connectivity index (χ2v) is 10.3. The molecule has 35 heavy (non-hydrogen) atoms. The SMILES string of the molecule is CC1CN(C(=O)C[C@H]2CC[C@@H](NC(=O)OCC3c4ccccc4-c4ccccc43)C2)CC1C(=O)O. The molecule has 5 rings (SSSR count). The highest BCUT2D eigenvalue weighted by atomic mass is 16.5. The van der Waals surface area contributed by atoms with Crippen molar-refractivity contribution in [1.29, 1.82) is 0 Å². The van der Waals surface area contributed by atoms with Crippen LogP contribution in [0.4, 0.5) is 4.79 Å². The van der Waals surface area contributed by atoms with E-state index in [2.05, 4.69) is 29.6 Å². The van der Waals surface area contributed by atoms with Crippen molar-refractivity contribution in [3.63, 3.8) is 0 Å². The number of hydrogen-bond donors (Lipinski definition) is 2. The van der Waals surface area contributed by atoms with Crippen LogP contribution in [0.15, 0.2) is 48.5 Å². The van der Waals surface area contributed by atoms with Crippen molar-refractivity contribution in [2.45, 2.75) is 44.6 Å². The first-order valence-electron chi connectivity index (χ1n) is 12.5. The van der Waals surface area contributed by atoms with Crippen LogP contribution in [0, 0.1) is 17.8 Å². The molecule has 2 amide bonds. The zero-order chi connectivity index (χ0) is 24.5. The van der Waals surface area contributed by atoms with Gasteiger partial charge in [0, 0.05) is 31.5 Å². The molecule has 2 fully saturated rings. The van der Waals surface area contributed by atoms with Gasteiger partial charge in [0.05, 0.1) is 5.92 Å². The molecule has 4 atom stereocenters. The Morgan fingerprint density at radius 1 is 1.00 bits per heavy atom. The number of fused-ring (bicyclic) bond motifs is 3. The first-order valence-corrected chi connectivity index (χ1v) is 12.5. The smallest absolute Gasteiger partial charge is 0.407 e. The lowest BCUT2D eigenvalue weighted by atomic mass is 9.98. The van der Waals surface area contributed by atoms with Crippen molar-refractivity contribution in [2.75, 3.05) is 19.7 Å². The van der Waals surface area contributed by atoms with Gasteiger partial charge in [-0.25, -0.2) is 4.79 Å². The van der Waals surface area contributed by atoms with Gasteiger partial charge in [-0.15, -0.1) is 0 Å². The number of ether oxygens (including phenoxy) is 1. The Balaban J connectivity index is 1.10. The van der Waals surface area contributed by atoms with Crippen molar-refractivity contribution in [3.05, 3.63) is 59.7 Å². The van der Waals surface area contributed by atoms with Crippen molar-refractivity contribution < 1.29 is 24.2 Å². The number of amides is 2. The van der Waals surface area contributed by atoms with Crippen LogP contribution in [0.1, 0.15) is 49.7 Å². The van der Waals surface area contributed by atoms with E-state index in [1.165, 1.54) is 22.3 Å². The first kappa shape index (κ1) is 23.4. The van der Waals surface area contributed by atoms with Crippen molar-refractivity contribution in [1.82, 2.24) is 10.2 Å². The zero-order valence-corrected chi connectivity index (χ0v) is 20.0. The van der Waals surface area contributed by atoms with E-state index in [4.69, 9.17) is 4.74 Å². The Labute approximate surface area is 205 Å². The molecule has 184 valence electrons. The number of nitrogens with zero attached hydrogens (tertiary/aromatic N) is 1. The number of carboxylic acid groups (broad SMARTS) is 1. The van der Waals surface area contributed by atoms with E-state index in [0.29, 0.717) is 19.5 Å². The number of hydrogen-bond acceptors (Lipinski definition) is 4. The molecule has 0 aromatic heterocycles. The van der Waals surface area contributed by atoms with Gasteiger partial charge in [-0.1, -0.05) is 55.5 Å². The van der Waals surface area contributed by atoms with Crippen LogP contribution in [0.5, 0.6) is 0 Å². The fraction of sp³-hybridized carbons (Fsp3) is 0.464. The zero-order valence-electron chi connectivity index (χ0n) is 20.0. The minimum Gasteiger partial charge on any atom is -0.481 e. The Bertz CT molecular complexity index is 1090. The molecule has 2 N–H and O–H groups in total. The summed E-state index contributed by atoms with van der Waals surface area (Å²) in [4.78, 5) is 38.3. The van der Waals surface area contributed by atoms with Gasteiger partial charge < -0.3 is 20.1 Å². The highest BCUT2D eigenvalue weighted by Crippen LogP contribution is 2.44. The summed E-state index contributed by atoms with van der Waals surface area (Å²) in [6.45, 7) is 2.97. The summed E-state index contributed by atoms with van der Waals surface area (Å²) in [5.41, 5.74) is 4.76. The van der Waals surface area contributed by atoms with E-state index in [1.54, 1.807) is 4.90 Å². The van der Waals surface area contributed by atoms with Gasteiger partial charge in [0.1, 0.15) is 6.61 Å². The van der Waals surface area contributed by atoms with Crippen LogP contribution in [0.2, 0.25) is 0 Å². The summed E-state index contributed by atoms with van der Waals surface area (Å²) < 4.78 is 5.66. The Morgan fingerprint density at radius 3 is 2.29 bits per heavy atom. The van der Waals surface area contributed by atoms with Crippen molar-refractivity contribution in [2.24, 2.45) is 17.8 Å². The van der Waals surface area contributed by atoms with Crippen LogP contribution in [0.3, 0.4) is 0 Å². The van der Waals surface area contributed by atoms with E-state index in [9.17, 15) is 19.5 Å². The number of rotatable bonds is 6. The molecule has 0 bridgehead atoms. The summed E-state index contributed by atoms with van der Waals surface area (Å²) in [6, 6.07) is 16.5. The van der Waals surface area contributed by atoms with Gasteiger partial charge in [0.25, 0.3) is 0 Å². The third kappa shape index (κ3) is 4.77. The van der Waals surface area contributed by atoms with Crippen LogP contribution in [0.25, 0.3) is 11.1 Å². The van der Waals surface area contributed by atoms with Crippen LogP contribution in [-0.4, -0.2) is 53.7 Å². The minimum absolute atomic E-state index is 0.00674. The molecule has 1 saturated heterocycles. The van der Waals surface area contributed by atoms with Gasteiger partial charge in [-0.05, 0) is 53.4 Å². The maximum Gasteiger partial charge on any atom is 0.407 e. The number of alkyl carbamates (subject to hydrolysis) is 1. The summed E-state index contributed by atoms with van der Waals surface area (Å²) in [6.07, 6.45) is 2.41. The lowest BCUT2D eigenvalue weighted by Crippen LogP contribution is -2.35. The fourth-order valence-electron chi connectivity index (χ4n) is 6.07. The fourth-order valence-corrected chi connectivity index (χ4v) is 6.07. The van der Waals surface area contributed by atoms with Crippen molar-refractivity contribution in [3.8, 4) is 11.1 Å². The lowest BCUT2D eigenvalue weighted by Gasteiger charge is -2.19. The van der Waals surface area contributed by atoms with Crippen LogP contribution < -0.4 is 5.32 Å². The number of benzene rings is 2. The Hall–Kier alpha value is -3.35. The van der Waals surface area contributed by atoms with E-state index in [1.807, 2.05) is 31.2 Å². The number of carboxylic acids is 1. The topological polar surface area (TPSA) is 95.9 Å². The molecule has 1 saturated carbocycles. The summed E-state index contributed by atoms with van der Waals surface area (Å²) in [7, 11) is 0. The standard InChI is InChI=1S/C28H32N2O5/c1-17-14-30(15-24(17)27(32)33)26(31)13-18-10-11-19(12-18)29-28(34)35-16-25-22-8-4-2-6-20(22)21-7-3-5-9-23(21)25/h2-9,17-19,24-25H,10-16H2,1H3,(H,29,34)(H,32,33)/t17?,18-,19+,24?/m0/s1. The summed E-state index contributed by atoms with van der Waals surface area (Å²) in [5.74, 6) is -1.10. The Kier molecular flexibility index (Phi) is 6.50. The van der Waals surface area contributed by atoms with E-state index in [0.717, 1.165) is 19.3 Å². The third-order valence-electron chi connectivity index (χ3n) is 7.95. The first-order chi connectivity index (χ1) is 16.9. The average molecular weight is 477 g/mol. The third-order valence-corrected chi connectivity index (χ3v) is 7.95. The molecule has 7 heteroatoms. The summed E-state index contributed by atoms with van der Waals surface area (Å²) >= 11 is 0. The normalized spacial score (nSPS) is 25.2. The van der Waals surface area contributed by atoms with E-state index in [-0.39, 0.29) is 36.3 Å². The average Bonchev–Trinajstić information content (AvgIpc) is 3.53. The second-order valence-electron chi connectivity index (χ2n) is 10.3.